The summed E-state index contributed by atoms with van der Waals surface area (Å²) in [5.74, 6) is 0.406. The molecule has 0 radical (unpaired) electrons. The first-order chi connectivity index (χ1) is 10.0. The van der Waals surface area contributed by atoms with E-state index in [0.29, 0.717) is 22.0 Å². The molecule has 3 rings (SSSR count). The molecule has 0 bridgehead atoms. The molecule has 21 heavy (non-hydrogen) atoms. The zero-order valence-electron chi connectivity index (χ0n) is 12.0. The molecule has 1 amide bonds. The highest BCUT2D eigenvalue weighted by molar-refractivity contribution is 6.33. The molecule has 1 aromatic carbocycles. The van der Waals surface area contributed by atoms with Crippen molar-refractivity contribution in [2.45, 2.75) is 12.8 Å². The SMILES string of the molecule is COc1cc(N)c(Cl)cc1C(=O)N1CCC2(CCOC2)C1. The van der Waals surface area contributed by atoms with Crippen molar-refractivity contribution in [3.8, 4) is 5.75 Å². The van der Waals surface area contributed by atoms with E-state index < -0.39 is 0 Å². The fraction of sp³-hybridized carbons (Fsp3) is 0.533. The molecule has 1 atom stereocenters. The molecule has 2 heterocycles. The molecule has 2 fully saturated rings. The van der Waals surface area contributed by atoms with Gasteiger partial charge in [-0.25, -0.2) is 0 Å². The molecule has 0 aromatic heterocycles. The molecule has 2 aliphatic rings. The van der Waals surface area contributed by atoms with Crippen molar-refractivity contribution in [3.63, 3.8) is 0 Å². The van der Waals surface area contributed by atoms with E-state index in [-0.39, 0.29) is 11.3 Å². The number of rotatable bonds is 2. The van der Waals surface area contributed by atoms with Crippen molar-refractivity contribution in [2.75, 3.05) is 39.1 Å². The van der Waals surface area contributed by atoms with Gasteiger partial charge in [0.25, 0.3) is 5.91 Å². The van der Waals surface area contributed by atoms with Crippen molar-refractivity contribution >= 4 is 23.2 Å². The molecule has 2 saturated heterocycles. The van der Waals surface area contributed by atoms with Gasteiger partial charge in [0, 0.05) is 31.2 Å². The number of nitrogens with zero attached hydrogens (tertiary/aromatic N) is 1. The van der Waals surface area contributed by atoms with Crippen molar-refractivity contribution in [1.82, 2.24) is 4.90 Å². The van der Waals surface area contributed by atoms with Crippen LogP contribution in [0.2, 0.25) is 5.02 Å². The molecule has 5 nitrogen and oxygen atoms in total. The Labute approximate surface area is 128 Å². The van der Waals surface area contributed by atoms with Crippen molar-refractivity contribution in [3.05, 3.63) is 22.7 Å². The van der Waals surface area contributed by atoms with Gasteiger partial charge in [-0.05, 0) is 18.9 Å². The van der Waals surface area contributed by atoms with Gasteiger partial charge in [-0.1, -0.05) is 11.6 Å². The lowest BCUT2D eigenvalue weighted by Crippen LogP contribution is -2.32. The monoisotopic (exact) mass is 310 g/mol. The molecular formula is C15H19ClN2O3. The van der Waals surface area contributed by atoms with Crippen LogP contribution < -0.4 is 10.5 Å². The predicted molar refractivity (Wildman–Crippen MR) is 80.8 cm³/mol. The van der Waals surface area contributed by atoms with Crippen LogP contribution in [-0.2, 0) is 4.74 Å². The second-order valence-corrected chi connectivity index (χ2v) is 6.26. The Morgan fingerprint density at radius 2 is 2.29 bits per heavy atom. The average molecular weight is 311 g/mol. The minimum Gasteiger partial charge on any atom is -0.496 e. The third-order valence-electron chi connectivity index (χ3n) is 4.46. The van der Waals surface area contributed by atoms with Crippen molar-refractivity contribution < 1.29 is 14.3 Å². The lowest BCUT2D eigenvalue weighted by Gasteiger charge is -2.22. The molecule has 1 spiro atoms. The van der Waals surface area contributed by atoms with Crippen LogP contribution in [0.3, 0.4) is 0 Å². The molecule has 1 aromatic rings. The van der Waals surface area contributed by atoms with Crippen LogP contribution in [0.4, 0.5) is 5.69 Å². The van der Waals surface area contributed by atoms with E-state index in [4.69, 9.17) is 26.8 Å². The Hall–Kier alpha value is -1.46. The number of benzene rings is 1. The highest BCUT2D eigenvalue weighted by Crippen LogP contribution is 2.39. The van der Waals surface area contributed by atoms with E-state index in [1.54, 1.807) is 12.1 Å². The standard InChI is InChI=1S/C15H19ClN2O3/c1-20-13-7-12(17)11(16)6-10(13)14(19)18-4-2-15(8-18)3-5-21-9-15/h6-7H,2-5,8-9,17H2,1H3. The smallest absolute Gasteiger partial charge is 0.257 e. The second-order valence-electron chi connectivity index (χ2n) is 5.85. The Bertz CT molecular complexity index is 570. The zero-order chi connectivity index (χ0) is 15.0. The number of hydrogen-bond acceptors (Lipinski definition) is 4. The molecular weight excluding hydrogens is 292 g/mol. The van der Waals surface area contributed by atoms with E-state index in [0.717, 1.165) is 39.1 Å². The molecule has 114 valence electrons. The largest absolute Gasteiger partial charge is 0.496 e. The van der Waals surface area contributed by atoms with Gasteiger partial charge in [0.2, 0.25) is 0 Å². The Morgan fingerprint density at radius 1 is 1.48 bits per heavy atom. The summed E-state index contributed by atoms with van der Waals surface area (Å²) in [5.41, 5.74) is 6.77. The summed E-state index contributed by atoms with van der Waals surface area (Å²) in [6.45, 7) is 3.01. The average Bonchev–Trinajstić information content (AvgIpc) is 3.11. The summed E-state index contributed by atoms with van der Waals surface area (Å²) in [4.78, 5) is 14.6. The van der Waals surface area contributed by atoms with E-state index in [2.05, 4.69) is 0 Å². The Balaban J connectivity index is 1.84. The zero-order valence-corrected chi connectivity index (χ0v) is 12.8. The number of nitrogen functional groups attached to an aromatic ring is 1. The molecule has 0 aliphatic carbocycles. The number of halogens is 1. The van der Waals surface area contributed by atoms with E-state index in [1.807, 2.05) is 4.90 Å². The van der Waals surface area contributed by atoms with Gasteiger partial charge in [0.1, 0.15) is 5.75 Å². The lowest BCUT2D eigenvalue weighted by atomic mass is 9.87. The Kier molecular flexibility index (Phi) is 3.71. The normalized spacial score (nSPS) is 24.8. The quantitative estimate of drug-likeness (QED) is 0.850. The number of ether oxygens (including phenoxy) is 2. The number of amides is 1. The van der Waals surface area contributed by atoms with Gasteiger partial charge in [0.05, 0.1) is 30.0 Å². The van der Waals surface area contributed by atoms with Crippen molar-refractivity contribution in [2.24, 2.45) is 5.41 Å². The highest BCUT2D eigenvalue weighted by Gasteiger charge is 2.43. The minimum absolute atomic E-state index is 0.0578. The van der Waals surface area contributed by atoms with Gasteiger partial charge in [-0.3, -0.25) is 4.79 Å². The van der Waals surface area contributed by atoms with Gasteiger partial charge in [-0.2, -0.15) is 0 Å². The number of nitrogens with two attached hydrogens (primary N) is 1. The number of methoxy groups -OCH3 is 1. The van der Waals surface area contributed by atoms with Crippen LogP contribution in [-0.4, -0.2) is 44.2 Å². The first kappa shape index (κ1) is 14.5. The summed E-state index contributed by atoms with van der Waals surface area (Å²) in [5, 5.41) is 0.372. The van der Waals surface area contributed by atoms with Crippen LogP contribution in [0.5, 0.6) is 5.75 Å². The maximum atomic E-state index is 12.7. The molecule has 1 unspecified atom stereocenters. The number of anilines is 1. The number of likely N-dealkylation sites (tertiary alicyclic amines) is 1. The summed E-state index contributed by atoms with van der Waals surface area (Å²) < 4.78 is 10.8. The van der Waals surface area contributed by atoms with E-state index in [1.165, 1.54) is 7.11 Å². The minimum atomic E-state index is -0.0578. The fourth-order valence-electron chi connectivity index (χ4n) is 3.16. The highest BCUT2D eigenvalue weighted by atomic mass is 35.5. The van der Waals surface area contributed by atoms with Crippen molar-refractivity contribution in [1.29, 1.82) is 0 Å². The maximum Gasteiger partial charge on any atom is 0.257 e. The lowest BCUT2D eigenvalue weighted by molar-refractivity contribution is 0.0762. The van der Waals surface area contributed by atoms with E-state index in [9.17, 15) is 4.79 Å². The van der Waals surface area contributed by atoms with Crippen LogP contribution >= 0.6 is 11.6 Å². The third-order valence-corrected chi connectivity index (χ3v) is 4.79. The third kappa shape index (κ3) is 2.56. The van der Waals surface area contributed by atoms with Crippen LogP contribution in [0.15, 0.2) is 12.1 Å². The van der Waals surface area contributed by atoms with Crippen LogP contribution in [0.25, 0.3) is 0 Å². The number of carbonyl (C=O) groups excluding carboxylic acids is 1. The van der Waals surface area contributed by atoms with Gasteiger partial charge in [-0.15, -0.1) is 0 Å². The van der Waals surface area contributed by atoms with Gasteiger partial charge in [0.15, 0.2) is 0 Å². The van der Waals surface area contributed by atoms with Crippen LogP contribution in [0.1, 0.15) is 23.2 Å². The van der Waals surface area contributed by atoms with Gasteiger partial charge < -0.3 is 20.1 Å². The first-order valence-electron chi connectivity index (χ1n) is 7.05. The first-order valence-corrected chi connectivity index (χ1v) is 7.42. The summed E-state index contributed by atoms with van der Waals surface area (Å²) in [6.07, 6.45) is 2.01. The summed E-state index contributed by atoms with van der Waals surface area (Å²) >= 11 is 6.04. The second kappa shape index (κ2) is 5.39. The maximum absolute atomic E-state index is 12.7. The molecule has 2 N–H and O–H groups in total. The molecule has 0 saturated carbocycles. The predicted octanol–water partition coefficient (Wildman–Crippen LogP) is 2.18. The fourth-order valence-corrected chi connectivity index (χ4v) is 3.32. The summed E-state index contributed by atoms with van der Waals surface area (Å²) in [7, 11) is 1.52. The molecule has 2 aliphatic heterocycles. The molecule has 6 heteroatoms. The summed E-state index contributed by atoms with van der Waals surface area (Å²) in [6, 6.07) is 3.19. The number of hydrogen-bond donors (Lipinski definition) is 1. The van der Waals surface area contributed by atoms with E-state index >= 15 is 0 Å². The van der Waals surface area contributed by atoms with Crippen LogP contribution in [0, 0.1) is 5.41 Å². The topological polar surface area (TPSA) is 64.8 Å². The number of carbonyl (C=O) groups is 1. The van der Waals surface area contributed by atoms with Gasteiger partial charge >= 0.3 is 0 Å². The Morgan fingerprint density at radius 3 is 2.95 bits per heavy atom.